The van der Waals surface area contributed by atoms with Crippen LogP contribution in [-0.4, -0.2) is 45.4 Å². The number of carbonyl (C=O) groups excluding carboxylic acids is 2. The Balaban J connectivity index is 4.72. The molecule has 0 aliphatic heterocycles. The van der Waals surface area contributed by atoms with Crippen molar-refractivity contribution >= 4 is 22.1 Å². The molecule has 0 aliphatic rings. The van der Waals surface area contributed by atoms with E-state index < -0.39 is 34.6 Å². The zero-order valence-corrected chi connectivity index (χ0v) is 11.5. The smallest absolute Gasteiger partial charge is 0.337 e. The summed E-state index contributed by atoms with van der Waals surface area (Å²) in [5.74, 6) is -1.92. The predicted octanol–water partition coefficient (Wildman–Crippen LogP) is 0.238. The number of carbonyl (C=O) groups is 2. The van der Waals surface area contributed by atoms with Crippen LogP contribution in [0.25, 0.3) is 0 Å². The van der Waals surface area contributed by atoms with E-state index in [2.05, 4.69) is 13.7 Å². The average molecular weight is 282 g/mol. The van der Waals surface area contributed by atoms with Gasteiger partial charge >= 0.3 is 11.9 Å². The maximum atomic E-state index is 11.5. The lowest BCUT2D eigenvalue weighted by Gasteiger charge is -2.14. The van der Waals surface area contributed by atoms with Crippen molar-refractivity contribution in [2.24, 2.45) is 0 Å². The van der Waals surface area contributed by atoms with Gasteiger partial charge in [0.15, 0.2) is 6.10 Å². The Morgan fingerprint density at radius 3 is 2.06 bits per heavy atom. The van der Waals surface area contributed by atoms with E-state index in [1.165, 1.54) is 6.92 Å². The Morgan fingerprint density at radius 2 is 1.61 bits per heavy atom. The van der Waals surface area contributed by atoms with Gasteiger partial charge in [-0.2, -0.15) is 8.42 Å². The summed E-state index contributed by atoms with van der Waals surface area (Å²) in [5.41, 5.74) is 0. The van der Waals surface area contributed by atoms with Gasteiger partial charge in [-0.3, -0.25) is 8.98 Å². The minimum atomic E-state index is -3.85. The molecule has 0 aromatic carbocycles. The molecule has 0 rings (SSSR count). The van der Waals surface area contributed by atoms with Crippen LogP contribution in [0.3, 0.4) is 0 Å². The van der Waals surface area contributed by atoms with E-state index >= 15 is 0 Å². The Kier molecular flexibility index (Phi) is 7.53. The summed E-state index contributed by atoms with van der Waals surface area (Å²) in [6.07, 6.45) is -1.99. The highest BCUT2D eigenvalue weighted by Crippen LogP contribution is 2.08. The van der Waals surface area contributed by atoms with Crippen LogP contribution in [0.4, 0.5) is 0 Å². The van der Waals surface area contributed by atoms with Gasteiger partial charge in [0.2, 0.25) is 0 Å². The molecule has 1 atom stereocenters. The van der Waals surface area contributed by atoms with Gasteiger partial charge in [-0.15, -0.1) is 0 Å². The molecule has 0 amide bonds. The van der Waals surface area contributed by atoms with Crippen molar-refractivity contribution in [1.82, 2.24) is 0 Å². The Morgan fingerprint density at radius 1 is 1.06 bits per heavy atom. The third kappa shape index (κ3) is 6.55. The largest absolute Gasteiger partial charge is 0.466 e. The number of rotatable bonds is 8. The van der Waals surface area contributed by atoms with Gasteiger partial charge in [0.05, 0.1) is 25.4 Å². The summed E-state index contributed by atoms with van der Waals surface area (Å²) >= 11 is 0. The number of esters is 2. The van der Waals surface area contributed by atoms with Crippen LogP contribution >= 0.6 is 0 Å². The lowest BCUT2D eigenvalue weighted by atomic mass is 10.2. The van der Waals surface area contributed by atoms with Crippen LogP contribution in [0.5, 0.6) is 0 Å². The van der Waals surface area contributed by atoms with Gasteiger partial charge in [0.1, 0.15) is 0 Å². The quantitative estimate of drug-likeness (QED) is 0.464. The molecule has 0 saturated heterocycles. The van der Waals surface area contributed by atoms with Crippen LogP contribution in [0, 0.1) is 0 Å². The first-order valence-corrected chi connectivity index (χ1v) is 7.17. The molecular formula is C10H18O7S. The Labute approximate surface area is 107 Å². The number of ether oxygens (including phenoxy) is 2. The fourth-order valence-corrected chi connectivity index (χ4v) is 1.64. The monoisotopic (exact) mass is 282 g/mol. The van der Waals surface area contributed by atoms with Crippen LogP contribution < -0.4 is 0 Å². The van der Waals surface area contributed by atoms with Crippen LogP contribution in [-0.2, 0) is 33.4 Å². The summed E-state index contributed by atoms with van der Waals surface area (Å²) in [5, 5.41) is 0. The van der Waals surface area contributed by atoms with E-state index in [9.17, 15) is 18.0 Å². The van der Waals surface area contributed by atoms with Crippen molar-refractivity contribution in [2.45, 2.75) is 33.3 Å². The minimum Gasteiger partial charge on any atom is -0.466 e. The van der Waals surface area contributed by atoms with Crippen LogP contribution in [0.15, 0.2) is 0 Å². The third-order valence-electron chi connectivity index (χ3n) is 1.82. The molecule has 0 aromatic heterocycles. The highest BCUT2D eigenvalue weighted by atomic mass is 32.2. The lowest BCUT2D eigenvalue weighted by Crippen LogP contribution is -2.32. The van der Waals surface area contributed by atoms with Crippen molar-refractivity contribution in [1.29, 1.82) is 0 Å². The van der Waals surface area contributed by atoms with Gasteiger partial charge < -0.3 is 9.47 Å². The molecule has 0 unspecified atom stereocenters. The van der Waals surface area contributed by atoms with Gasteiger partial charge in [-0.05, 0) is 20.8 Å². The topological polar surface area (TPSA) is 96.0 Å². The maximum Gasteiger partial charge on any atom is 0.337 e. The van der Waals surface area contributed by atoms with E-state index in [0.717, 1.165) is 0 Å². The molecule has 0 radical (unpaired) electrons. The highest BCUT2D eigenvalue weighted by Gasteiger charge is 2.29. The van der Waals surface area contributed by atoms with E-state index in [-0.39, 0.29) is 19.0 Å². The first-order chi connectivity index (χ1) is 8.36. The first kappa shape index (κ1) is 16.9. The van der Waals surface area contributed by atoms with Crippen LogP contribution in [0.1, 0.15) is 27.2 Å². The first-order valence-electron chi connectivity index (χ1n) is 5.59. The Hall–Kier alpha value is -1.15. The highest BCUT2D eigenvalue weighted by molar-refractivity contribution is 7.86. The van der Waals surface area contributed by atoms with Crippen molar-refractivity contribution < 1.29 is 31.7 Å². The average Bonchev–Trinajstić information content (AvgIpc) is 2.28. The molecule has 106 valence electrons. The predicted molar refractivity (Wildman–Crippen MR) is 62.2 cm³/mol. The fourth-order valence-electron chi connectivity index (χ4n) is 1.01. The zero-order chi connectivity index (χ0) is 14.2. The van der Waals surface area contributed by atoms with Crippen molar-refractivity contribution in [3.63, 3.8) is 0 Å². The second kappa shape index (κ2) is 8.04. The van der Waals surface area contributed by atoms with E-state index in [1.54, 1.807) is 13.8 Å². The van der Waals surface area contributed by atoms with Crippen molar-refractivity contribution in [2.75, 3.05) is 19.0 Å². The van der Waals surface area contributed by atoms with E-state index in [4.69, 9.17) is 0 Å². The molecule has 0 fully saturated rings. The molecule has 0 N–H and O–H groups in total. The molecule has 18 heavy (non-hydrogen) atoms. The van der Waals surface area contributed by atoms with Gasteiger partial charge in [0.25, 0.3) is 10.1 Å². The minimum absolute atomic E-state index is 0.0632. The number of hydrogen-bond acceptors (Lipinski definition) is 7. The maximum absolute atomic E-state index is 11.5. The second-order valence-electron chi connectivity index (χ2n) is 3.19. The fraction of sp³-hybridized carbons (Fsp3) is 0.800. The molecule has 0 heterocycles. The van der Waals surface area contributed by atoms with Gasteiger partial charge in [-0.1, -0.05) is 0 Å². The van der Waals surface area contributed by atoms with Crippen LogP contribution in [0.2, 0.25) is 0 Å². The SMILES string of the molecule is CCOC(=O)C[C@@H](OS(=O)(=O)CC)C(=O)OCC. The molecule has 8 heteroatoms. The second-order valence-corrected chi connectivity index (χ2v) is 5.08. The normalized spacial score (nSPS) is 12.8. The van der Waals surface area contributed by atoms with E-state index in [0.29, 0.717) is 0 Å². The molecule has 0 aromatic rings. The van der Waals surface area contributed by atoms with Crippen molar-refractivity contribution in [3.8, 4) is 0 Å². The number of hydrogen-bond donors (Lipinski definition) is 0. The summed E-state index contributed by atoms with van der Waals surface area (Å²) in [6, 6.07) is 0. The molecule has 0 saturated carbocycles. The molecule has 0 aliphatic carbocycles. The van der Waals surface area contributed by atoms with Crippen molar-refractivity contribution in [3.05, 3.63) is 0 Å². The molecule has 0 bridgehead atoms. The summed E-state index contributed by atoms with van der Waals surface area (Å²) in [7, 11) is -3.85. The third-order valence-corrected chi connectivity index (χ3v) is 3.06. The van der Waals surface area contributed by atoms with Gasteiger partial charge in [0, 0.05) is 0 Å². The lowest BCUT2D eigenvalue weighted by molar-refractivity contribution is -0.157. The molecule has 0 spiro atoms. The summed E-state index contributed by atoms with van der Waals surface area (Å²) in [6.45, 7) is 4.72. The Bertz CT molecular complexity index is 374. The standard InChI is InChI=1S/C10H18O7S/c1-4-15-9(11)7-8(10(12)16-5-2)17-18(13,14)6-3/h8H,4-7H2,1-3H3/t8-/m1/s1. The van der Waals surface area contributed by atoms with Gasteiger partial charge in [-0.25, -0.2) is 4.79 Å². The summed E-state index contributed by atoms with van der Waals surface area (Å²) in [4.78, 5) is 22.7. The zero-order valence-electron chi connectivity index (χ0n) is 10.7. The molecule has 7 nitrogen and oxygen atoms in total. The molecular weight excluding hydrogens is 264 g/mol. The summed E-state index contributed by atoms with van der Waals surface area (Å²) < 4.78 is 36.4. The van der Waals surface area contributed by atoms with E-state index in [1.807, 2.05) is 0 Å².